The summed E-state index contributed by atoms with van der Waals surface area (Å²) < 4.78 is 7.20. The maximum Gasteiger partial charge on any atom is 0.262 e. The van der Waals surface area contributed by atoms with Gasteiger partial charge in [0.15, 0.2) is 0 Å². The Bertz CT molecular complexity index is 2120. The van der Waals surface area contributed by atoms with E-state index in [4.69, 9.17) is 32.9 Å². The minimum Gasteiger partial charge on any atom is -0.481 e. The van der Waals surface area contributed by atoms with Crippen molar-refractivity contribution in [2.45, 2.75) is 50.9 Å². The Morgan fingerprint density at radius 1 is 0.980 bits per heavy atom. The van der Waals surface area contributed by atoms with Gasteiger partial charge in [0.05, 0.1) is 35.0 Å². The molecule has 2 aliphatic rings. The highest BCUT2D eigenvalue weighted by Crippen LogP contribution is 2.42. The lowest BCUT2D eigenvalue weighted by atomic mass is 9.97. The predicted molar refractivity (Wildman–Crippen MR) is 196 cm³/mol. The number of aliphatic hydroxyl groups is 1. The summed E-state index contributed by atoms with van der Waals surface area (Å²) >= 11 is 14.2. The van der Waals surface area contributed by atoms with E-state index in [2.05, 4.69) is 20.5 Å². The van der Waals surface area contributed by atoms with Crippen molar-refractivity contribution in [2.24, 2.45) is 0 Å². The van der Waals surface area contributed by atoms with Gasteiger partial charge in [-0.15, -0.1) is 0 Å². The second kappa shape index (κ2) is 14.9. The number of benzene rings is 2. The Labute approximate surface area is 300 Å². The molecule has 7 rings (SSSR count). The summed E-state index contributed by atoms with van der Waals surface area (Å²) in [6.07, 6.45) is 6.71. The van der Waals surface area contributed by atoms with Crippen LogP contribution in [0.25, 0.3) is 39.2 Å². The van der Waals surface area contributed by atoms with Gasteiger partial charge in [-0.2, -0.15) is 0 Å². The molecule has 5 heterocycles. The maximum atomic E-state index is 13.4. The molecule has 0 unspecified atom stereocenters. The Hall–Kier alpha value is -4.32. The number of methoxy groups -OCH3 is 1. The summed E-state index contributed by atoms with van der Waals surface area (Å²) in [5, 5.41) is 17.1. The fourth-order valence-corrected chi connectivity index (χ4v) is 7.62. The summed E-state index contributed by atoms with van der Waals surface area (Å²) in [6.45, 7) is 2.62. The van der Waals surface area contributed by atoms with Gasteiger partial charge in [0.25, 0.3) is 5.56 Å². The predicted octanol–water partition coefficient (Wildman–Crippen LogP) is 5.73. The molecule has 50 heavy (non-hydrogen) atoms. The van der Waals surface area contributed by atoms with E-state index < -0.39 is 0 Å². The third kappa shape index (κ3) is 6.86. The van der Waals surface area contributed by atoms with Crippen molar-refractivity contribution in [3.05, 3.63) is 105 Å². The highest BCUT2D eigenvalue weighted by Gasteiger charge is 2.25. The Morgan fingerprint density at radius 3 is 2.48 bits per heavy atom. The summed E-state index contributed by atoms with van der Waals surface area (Å²) in [5.41, 5.74) is 6.39. The number of halogens is 2. The van der Waals surface area contributed by atoms with Crippen LogP contribution < -0.4 is 20.9 Å². The van der Waals surface area contributed by atoms with E-state index in [0.29, 0.717) is 58.9 Å². The van der Waals surface area contributed by atoms with Crippen molar-refractivity contribution in [1.29, 1.82) is 0 Å². The van der Waals surface area contributed by atoms with Crippen molar-refractivity contribution >= 4 is 34.8 Å². The number of pyridine rings is 2. The molecule has 0 aliphatic carbocycles. The van der Waals surface area contributed by atoms with Gasteiger partial charge in [-0.05, 0) is 49.6 Å². The first-order valence-corrected chi connectivity index (χ1v) is 17.6. The monoisotopic (exact) mass is 712 g/mol. The largest absolute Gasteiger partial charge is 0.481 e. The maximum absolute atomic E-state index is 13.4. The summed E-state index contributed by atoms with van der Waals surface area (Å²) in [5.74, 6) is 0.589. The molecule has 2 saturated heterocycles. The number of aromatic nitrogens is 3. The molecule has 2 aliphatic heterocycles. The SMILES string of the molecule is COc1nc(-c2cccc(-c3cccc(-c4ccn5c(=O)c(CN6CCC[C@@H]6CO)cnc5c4)c3Cl)c2Cl)ccc1CNC[C@H]1CCC(=O)N1. The molecule has 0 saturated carbocycles. The lowest BCUT2D eigenvalue weighted by molar-refractivity contribution is -0.119. The van der Waals surface area contributed by atoms with Crippen LogP contribution in [0.2, 0.25) is 10.0 Å². The number of carbonyl (C=O) groups is 1. The molecule has 0 radical (unpaired) electrons. The normalized spacial score (nSPS) is 17.8. The summed E-state index contributed by atoms with van der Waals surface area (Å²) in [7, 11) is 1.59. The quantitative estimate of drug-likeness (QED) is 0.159. The van der Waals surface area contributed by atoms with E-state index >= 15 is 0 Å². The van der Waals surface area contributed by atoms with Crippen molar-refractivity contribution < 1.29 is 14.6 Å². The molecule has 2 atom stereocenters. The van der Waals surface area contributed by atoms with Crippen LogP contribution in [-0.2, 0) is 17.9 Å². The van der Waals surface area contributed by atoms with Gasteiger partial charge in [-0.25, -0.2) is 9.97 Å². The second-order valence-electron chi connectivity index (χ2n) is 12.8. The number of rotatable bonds is 11. The van der Waals surface area contributed by atoms with Gasteiger partial charge in [0.2, 0.25) is 11.8 Å². The highest BCUT2D eigenvalue weighted by molar-refractivity contribution is 6.39. The minimum absolute atomic E-state index is 0.0766. The zero-order chi connectivity index (χ0) is 34.8. The zero-order valence-electron chi connectivity index (χ0n) is 27.7. The van der Waals surface area contributed by atoms with Crippen LogP contribution in [0.1, 0.15) is 36.8 Å². The molecule has 2 fully saturated rings. The minimum atomic E-state index is -0.123. The fourth-order valence-electron chi connectivity index (χ4n) is 6.96. The number of likely N-dealkylation sites (tertiary alicyclic amines) is 1. The standard InChI is InChI=1S/C38H38Cl2N6O4/c1-50-37-24(18-41-20-26-11-13-34(48)43-26)10-12-32(44-37)31-9-3-8-30(36(31)40)29-7-2-6-28(35(29)39)23-14-16-46-33(17-23)42-19-25(38(46)49)21-45-15-4-5-27(45)22-47/h2-3,6-10,12,14,16-17,19,26-27,41,47H,4-5,11,13,15,18,20-22H2,1H3,(H,43,48)/t26-,27-/m1/s1. The molecular weight excluding hydrogens is 675 g/mol. The fraction of sp³-hybridized carbons (Fsp3) is 0.316. The first kappa shape index (κ1) is 34.1. The molecule has 2 aromatic carbocycles. The molecule has 3 N–H and O–H groups in total. The molecular formula is C38H38Cl2N6O4. The highest BCUT2D eigenvalue weighted by atomic mass is 35.5. The number of carbonyl (C=O) groups excluding carboxylic acids is 1. The summed E-state index contributed by atoms with van der Waals surface area (Å²) in [4.78, 5) is 36.4. The van der Waals surface area contributed by atoms with Crippen LogP contribution in [0.5, 0.6) is 5.88 Å². The van der Waals surface area contributed by atoms with Gasteiger partial charge < -0.3 is 20.5 Å². The van der Waals surface area contributed by atoms with Crippen molar-refractivity contribution in [1.82, 2.24) is 29.9 Å². The Morgan fingerprint density at radius 2 is 1.74 bits per heavy atom. The van der Waals surface area contributed by atoms with Crippen molar-refractivity contribution in [3.8, 4) is 39.4 Å². The van der Waals surface area contributed by atoms with Gasteiger partial charge in [0.1, 0.15) is 5.65 Å². The van der Waals surface area contributed by atoms with Gasteiger partial charge in [-0.1, -0.05) is 65.7 Å². The molecule has 0 spiro atoms. The van der Waals surface area contributed by atoms with E-state index in [-0.39, 0.29) is 30.2 Å². The Kier molecular flexibility index (Phi) is 10.2. The lowest BCUT2D eigenvalue weighted by Crippen LogP contribution is -2.35. The number of hydrogen-bond acceptors (Lipinski definition) is 8. The number of fused-ring (bicyclic) bond motifs is 1. The molecule has 10 nitrogen and oxygen atoms in total. The van der Waals surface area contributed by atoms with Crippen LogP contribution in [-0.4, -0.2) is 69.2 Å². The smallest absolute Gasteiger partial charge is 0.262 e. The van der Waals surface area contributed by atoms with Crippen LogP contribution in [0.15, 0.2) is 77.9 Å². The van der Waals surface area contributed by atoms with Gasteiger partial charge >= 0.3 is 0 Å². The van der Waals surface area contributed by atoms with Crippen LogP contribution >= 0.6 is 23.2 Å². The Balaban J connectivity index is 1.14. The average Bonchev–Trinajstić information content (AvgIpc) is 3.77. The molecule has 5 aromatic rings. The zero-order valence-corrected chi connectivity index (χ0v) is 29.2. The number of nitrogens with zero attached hydrogens (tertiary/aromatic N) is 4. The van der Waals surface area contributed by atoms with Gasteiger partial charge in [0, 0.05) is 78.3 Å². The first-order valence-electron chi connectivity index (χ1n) is 16.8. The molecule has 0 bridgehead atoms. The number of ether oxygens (including phenoxy) is 1. The van der Waals surface area contributed by atoms with Crippen molar-refractivity contribution in [3.63, 3.8) is 0 Å². The van der Waals surface area contributed by atoms with Crippen LogP contribution in [0, 0.1) is 0 Å². The number of hydrogen-bond donors (Lipinski definition) is 3. The molecule has 12 heteroatoms. The molecule has 258 valence electrons. The van der Waals surface area contributed by atoms with Crippen molar-refractivity contribution in [2.75, 3.05) is 26.8 Å². The summed E-state index contributed by atoms with van der Waals surface area (Å²) in [6, 6.07) is 19.4. The van der Waals surface area contributed by atoms with E-state index in [9.17, 15) is 14.7 Å². The van der Waals surface area contributed by atoms with E-state index in [1.165, 1.54) is 0 Å². The molecule has 3 aromatic heterocycles. The second-order valence-corrected chi connectivity index (χ2v) is 13.6. The number of amides is 1. The van der Waals surface area contributed by atoms with E-state index in [0.717, 1.165) is 59.2 Å². The van der Waals surface area contributed by atoms with E-state index in [1.807, 2.05) is 60.7 Å². The van der Waals surface area contributed by atoms with Crippen LogP contribution in [0.3, 0.4) is 0 Å². The lowest BCUT2D eigenvalue weighted by Gasteiger charge is -2.22. The third-order valence-corrected chi connectivity index (χ3v) is 10.5. The van der Waals surface area contributed by atoms with Crippen LogP contribution in [0.4, 0.5) is 0 Å². The third-order valence-electron chi connectivity index (χ3n) is 9.66. The number of nitrogens with one attached hydrogen (secondary N) is 2. The average molecular weight is 714 g/mol. The topological polar surface area (TPSA) is 121 Å². The van der Waals surface area contributed by atoms with E-state index in [1.54, 1.807) is 23.9 Å². The van der Waals surface area contributed by atoms with Gasteiger partial charge in [-0.3, -0.25) is 18.9 Å². The number of aliphatic hydroxyl groups excluding tert-OH is 1. The molecule has 1 amide bonds. The first-order chi connectivity index (χ1) is 24.3.